The van der Waals surface area contributed by atoms with Crippen LogP contribution in [0.3, 0.4) is 0 Å². The van der Waals surface area contributed by atoms with Gasteiger partial charge in [-0.1, -0.05) is 135 Å². The van der Waals surface area contributed by atoms with E-state index in [0.29, 0.717) is 5.95 Å². The molecule has 0 saturated carbocycles. The van der Waals surface area contributed by atoms with Crippen LogP contribution in [0.15, 0.2) is 164 Å². The summed E-state index contributed by atoms with van der Waals surface area (Å²) in [5.74, 6) is 0.615. The third kappa shape index (κ3) is 4.34. The number of rotatable bonds is 4. The van der Waals surface area contributed by atoms with Crippen molar-refractivity contribution in [1.82, 2.24) is 24.3 Å². The summed E-state index contributed by atoms with van der Waals surface area (Å²) in [6, 6.07) is 56.3. The van der Waals surface area contributed by atoms with Gasteiger partial charge in [-0.15, -0.1) is 0 Å². The van der Waals surface area contributed by atoms with Crippen LogP contribution in [0.25, 0.3) is 88.8 Å². The molecule has 0 radical (unpaired) electrons. The molecule has 1 aliphatic carbocycles. The van der Waals surface area contributed by atoms with Gasteiger partial charge in [-0.2, -0.15) is 5.10 Å². The maximum absolute atomic E-state index is 5.40. The molecule has 0 aliphatic heterocycles. The molecular formula is C48H33N5. The molecule has 3 heterocycles. The van der Waals surface area contributed by atoms with Crippen LogP contribution in [0.4, 0.5) is 0 Å². The molecule has 0 atom stereocenters. The Morgan fingerprint density at radius 3 is 2.09 bits per heavy atom. The van der Waals surface area contributed by atoms with Crippen molar-refractivity contribution in [2.24, 2.45) is 0 Å². The lowest BCUT2D eigenvalue weighted by molar-refractivity contribution is 0.660. The van der Waals surface area contributed by atoms with Crippen molar-refractivity contribution in [3.8, 4) is 45.1 Å². The van der Waals surface area contributed by atoms with Gasteiger partial charge in [-0.25, -0.2) is 14.6 Å². The minimum Gasteiger partial charge on any atom is -0.278 e. The molecule has 250 valence electrons. The number of fused-ring (bicyclic) bond motifs is 9. The first-order valence-electron chi connectivity index (χ1n) is 18.1. The summed E-state index contributed by atoms with van der Waals surface area (Å²) in [6.07, 6.45) is 1.86. The Labute approximate surface area is 306 Å². The predicted octanol–water partition coefficient (Wildman–Crippen LogP) is 11.7. The van der Waals surface area contributed by atoms with Gasteiger partial charge in [0, 0.05) is 21.8 Å². The third-order valence-electron chi connectivity index (χ3n) is 11.2. The molecule has 0 amide bonds. The van der Waals surface area contributed by atoms with Crippen LogP contribution in [-0.2, 0) is 5.41 Å². The molecule has 7 aromatic carbocycles. The second-order valence-electron chi connectivity index (χ2n) is 14.5. The average molecular weight is 680 g/mol. The lowest BCUT2D eigenvalue weighted by Crippen LogP contribution is -2.14. The molecule has 0 N–H and O–H groups in total. The summed E-state index contributed by atoms with van der Waals surface area (Å²) in [6.45, 7) is 4.68. The first kappa shape index (κ1) is 29.8. The van der Waals surface area contributed by atoms with Crippen LogP contribution in [-0.4, -0.2) is 24.3 Å². The number of para-hydroxylation sites is 1. The van der Waals surface area contributed by atoms with Gasteiger partial charge in [-0.3, -0.25) is 4.57 Å². The van der Waals surface area contributed by atoms with E-state index in [2.05, 4.69) is 152 Å². The Morgan fingerprint density at radius 1 is 0.528 bits per heavy atom. The molecule has 53 heavy (non-hydrogen) atoms. The van der Waals surface area contributed by atoms with Crippen LogP contribution < -0.4 is 0 Å². The van der Waals surface area contributed by atoms with Crippen molar-refractivity contribution in [2.75, 3.05) is 0 Å². The number of benzene rings is 7. The van der Waals surface area contributed by atoms with Gasteiger partial charge in [0.1, 0.15) is 16.7 Å². The topological polar surface area (TPSA) is 48.5 Å². The van der Waals surface area contributed by atoms with Crippen LogP contribution in [0.2, 0.25) is 0 Å². The van der Waals surface area contributed by atoms with E-state index < -0.39 is 0 Å². The van der Waals surface area contributed by atoms with E-state index >= 15 is 0 Å². The zero-order chi connectivity index (χ0) is 35.3. The lowest BCUT2D eigenvalue weighted by atomic mass is 9.81. The highest BCUT2D eigenvalue weighted by Gasteiger charge is 2.35. The molecule has 3 aromatic heterocycles. The molecule has 0 spiro atoms. The van der Waals surface area contributed by atoms with E-state index in [4.69, 9.17) is 15.1 Å². The Bertz CT molecular complexity index is 3080. The summed E-state index contributed by atoms with van der Waals surface area (Å²) >= 11 is 0. The quantitative estimate of drug-likeness (QED) is 0.186. The van der Waals surface area contributed by atoms with E-state index in [-0.39, 0.29) is 5.41 Å². The monoisotopic (exact) mass is 679 g/mol. The maximum Gasteiger partial charge on any atom is 0.235 e. The predicted molar refractivity (Wildman–Crippen MR) is 217 cm³/mol. The van der Waals surface area contributed by atoms with Gasteiger partial charge >= 0.3 is 0 Å². The average Bonchev–Trinajstić information content (AvgIpc) is 3.86. The molecule has 5 heteroatoms. The van der Waals surface area contributed by atoms with Crippen LogP contribution in [0.5, 0.6) is 0 Å². The standard InChI is InChI=1S/C48H33N5/c1-48(2)39-20-12-11-19-36(39)37-24-21-33(28-40(37)48)32-23-25-42-38(27-32)44-35-18-10-9-13-30(35)22-26-43(44)52(42)47-50-41-29-49-53(34-16-7-4-8-17-34)46(41)45(51-47)31-14-5-3-6-15-31/h3-29H,1-2H3. The molecular weight excluding hydrogens is 647 g/mol. The normalized spacial score (nSPS) is 13.2. The third-order valence-corrected chi connectivity index (χ3v) is 11.2. The summed E-state index contributed by atoms with van der Waals surface area (Å²) in [4.78, 5) is 10.7. The second kappa shape index (κ2) is 11.1. The van der Waals surface area contributed by atoms with E-state index in [1.165, 1.54) is 54.9 Å². The molecule has 1 aliphatic rings. The summed E-state index contributed by atoms with van der Waals surface area (Å²) in [7, 11) is 0. The first-order chi connectivity index (χ1) is 26.0. The van der Waals surface area contributed by atoms with Crippen molar-refractivity contribution in [3.05, 3.63) is 175 Å². The fraction of sp³-hybridized carbons (Fsp3) is 0.0625. The van der Waals surface area contributed by atoms with Crippen molar-refractivity contribution < 1.29 is 0 Å². The van der Waals surface area contributed by atoms with Crippen LogP contribution in [0, 0.1) is 0 Å². The van der Waals surface area contributed by atoms with E-state index in [0.717, 1.165) is 39.0 Å². The van der Waals surface area contributed by atoms with Gasteiger partial charge in [0.05, 0.1) is 22.9 Å². The molecule has 0 fully saturated rings. The van der Waals surface area contributed by atoms with Crippen molar-refractivity contribution in [2.45, 2.75) is 19.3 Å². The highest BCUT2D eigenvalue weighted by molar-refractivity contribution is 6.21. The van der Waals surface area contributed by atoms with Gasteiger partial charge in [0.15, 0.2) is 0 Å². The number of hydrogen-bond acceptors (Lipinski definition) is 3. The molecule has 11 rings (SSSR count). The fourth-order valence-electron chi connectivity index (χ4n) is 8.66. The van der Waals surface area contributed by atoms with Crippen molar-refractivity contribution in [1.29, 1.82) is 0 Å². The highest BCUT2D eigenvalue weighted by atomic mass is 15.3. The van der Waals surface area contributed by atoms with Crippen molar-refractivity contribution in [3.63, 3.8) is 0 Å². The smallest absolute Gasteiger partial charge is 0.235 e. The molecule has 0 unspecified atom stereocenters. The number of nitrogens with zero attached hydrogens (tertiary/aromatic N) is 5. The van der Waals surface area contributed by atoms with Gasteiger partial charge < -0.3 is 0 Å². The summed E-state index contributed by atoms with van der Waals surface area (Å²) in [5, 5.41) is 9.61. The van der Waals surface area contributed by atoms with E-state index in [1.807, 2.05) is 35.1 Å². The minimum atomic E-state index is -0.0704. The van der Waals surface area contributed by atoms with Crippen LogP contribution in [0.1, 0.15) is 25.0 Å². The fourth-order valence-corrected chi connectivity index (χ4v) is 8.66. The van der Waals surface area contributed by atoms with E-state index in [1.54, 1.807) is 0 Å². The first-order valence-corrected chi connectivity index (χ1v) is 18.1. The largest absolute Gasteiger partial charge is 0.278 e. The summed E-state index contributed by atoms with van der Waals surface area (Å²) in [5.41, 5.74) is 14.3. The lowest BCUT2D eigenvalue weighted by Gasteiger charge is -2.22. The highest BCUT2D eigenvalue weighted by Crippen LogP contribution is 2.50. The summed E-state index contributed by atoms with van der Waals surface area (Å²) < 4.78 is 4.18. The SMILES string of the molecule is CC1(C)c2ccccc2-c2ccc(-c3ccc4c(c3)c3c5ccccc5ccc3n4-c3nc(-c4ccccc4)c4c(cnn4-c4ccccc4)n3)cc21. The Morgan fingerprint density at radius 2 is 1.23 bits per heavy atom. The minimum absolute atomic E-state index is 0.0704. The zero-order valence-electron chi connectivity index (χ0n) is 29.3. The molecule has 5 nitrogen and oxygen atoms in total. The maximum atomic E-state index is 5.40. The van der Waals surface area contributed by atoms with Gasteiger partial charge in [0.25, 0.3) is 0 Å². The van der Waals surface area contributed by atoms with Gasteiger partial charge in [-0.05, 0) is 80.6 Å². The molecule has 10 aromatic rings. The van der Waals surface area contributed by atoms with E-state index in [9.17, 15) is 0 Å². The zero-order valence-corrected chi connectivity index (χ0v) is 29.3. The molecule has 0 bridgehead atoms. The number of hydrogen-bond donors (Lipinski definition) is 0. The molecule has 0 saturated heterocycles. The Kier molecular flexibility index (Phi) is 6.23. The van der Waals surface area contributed by atoms with Crippen molar-refractivity contribution >= 4 is 43.6 Å². The van der Waals surface area contributed by atoms with Crippen LogP contribution >= 0.6 is 0 Å². The Hall–Kier alpha value is -6.85. The Balaban J connectivity index is 1.17. The van der Waals surface area contributed by atoms with Gasteiger partial charge in [0.2, 0.25) is 5.95 Å². The second-order valence-corrected chi connectivity index (χ2v) is 14.5. The number of aromatic nitrogens is 5.